The Hall–Kier alpha value is -5.57. The third kappa shape index (κ3) is 6.89. The fourth-order valence-corrected chi connectivity index (χ4v) is 4.73. The SMILES string of the molecule is O=C(Nc1ccc(Oc2ccnc(Nc3cccc(N4CCOCC4)c3)n2)c(F)c1)c1cnn(-c2ccc(F)cc2)c1C(F)(F)F. The van der Waals surface area contributed by atoms with Gasteiger partial charge in [0.15, 0.2) is 17.3 Å². The lowest BCUT2D eigenvalue weighted by atomic mass is 10.2. The van der Waals surface area contributed by atoms with Crippen LogP contribution in [0.2, 0.25) is 0 Å². The molecule has 3 heterocycles. The summed E-state index contributed by atoms with van der Waals surface area (Å²) in [4.78, 5) is 23.5. The highest BCUT2D eigenvalue weighted by atomic mass is 19.4. The van der Waals surface area contributed by atoms with Gasteiger partial charge in [0.05, 0.1) is 30.7 Å². The quantitative estimate of drug-likeness (QED) is 0.184. The van der Waals surface area contributed by atoms with Crippen LogP contribution in [-0.2, 0) is 10.9 Å². The Morgan fingerprint density at radius 2 is 1.70 bits per heavy atom. The Morgan fingerprint density at radius 3 is 2.43 bits per heavy atom. The molecule has 0 saturated carbocycles. The predicted octanol–water partition coefficient (Wildman–Crippen LogP) is 6.58. The van der Waals surface area contributed by atoms with Crippen LogP contribution in [0.3, 0.4) is 0 Å². The van der Waals surface area contributed by atoms with E-state index in [9.17, 15) is 22.4 Å². The summed E-state index contributed by atoms with van der Waals surface area (Å²) in [5.74, 6) is -2.79. The smallest absolute Gasteiger partial charge is 0.434 e. The maximum atomic E-state index is 15.0. The second-order valence-electron chi connectivity index (χ2n) is 9.99. The molecule has 1 fully saturated rings. The molecule has 0 unspecified atom stereocenters. The molecule has 0 aliphatic carbocycles. The lowest BCUT2D eigenvalue weighted by Gasteiger charge is -2.29. The van der Waals surface area contributed by atoms with E-state index >= 15 is 4.39 Å². The van der Waals surface area contributed by atoms with E-state index in [0.717, 1.165) is 61.0 Å². The minimum Gasteiger partial charge on any atom is -0.436 e. The van der Waals surface area contributed by atoms with Crippen LogP contribution >= 0.6 is 0 Å². The van der Waals surface area contributed by atoms with Gasteiger partial charge in [0.25, 0.3) is 5.91 Å². The molecule has 5 aromatic rings. The molecule has 0 atom stereocenters. The van der Waals surface area contributed by atoms with E-state index in [1.165, 1.54) is 24.4 Å². The van der Waals surface area contributed by atoms with E-state index in [1.807, 2.05) is 24.3 Å². The molecule has 6 rings (SSSR count). The van der Waals surface area contributed by atoms with Crippen molar-refractivity contribution in [2.45, 2.75) is 6.18 Å². The second-order valence-corrected chi connectivity index (χ2v) is 9.99. The molecule has 15 heteroatoms. The predicted molar refractivity (Wildman–Crippen MR) is 158 cm³/mol. The number of amides is 1. The fourth-order valence-electron chi connectivity index (χ4n) is 4.73. The molecule has 0 spiro atoms. The Bertz CT molecular complexity index is 1860. The molecule has 1 saturated heterocycles. The van der Waals surface area contributed by atoms with Crippen LogP contribution < -0.4 is 20.3 Å². The molecule has 10 nitrogen and oxygen atoms in total. The van der Waals surface area contributed by atoms with Gasteiger partial charge in [-0.15, -0.1) is 0 Å². The molecule has 3 aromatic carbocycles. The molecule has 1 aliphatic heterocycles. The number of halogens is 5. The van der Waals surface area contributed by atoms with Gasteiger partial charge in [0.2, 0.25) is 11.8 Å². The van der Waals surface area contributed by atoms with E-state index in [-0.39, 0.29) is 29.0 Å². The third-order valence-electron chi connectivity index (χ3n) is 6.87. The third-order valence-corrected chi connectivity index (χ3v) is 6.87. The number of hydrogen-bond donors (Lipinski definition) is 2. The van der Waals surface area contributed by atoms with Crippen molar-refractivity contribution in [1.29, 1.82) is 0 Å². The Kier molecular flexibility index (Phi) is 8.48. The minimum absolute atomic E-state index is 0.0144. The van der Waals surface area contributed by atoms with E-state index in [4.69, 9.17) is 9.47 Å². The molecule has 1 aliphatic rings. The number of aromatic nitrogens is 4. The Morgan fingerprint density at radius 1 is 0.913 bits per heavy atom. The number of alkyl halides is 3. The van der Waals surface area contributed by atoms with Crippen molar-refractivity contribution in [3.8, 4) is 17.3 Å². The standard InChI is InChI=1S/C31H24F5N7O3/c32-19-4-7-22(8-5-19)43-28(31(34,35)36)24(18-38-43)29(44)39-21-6-9-26(25(33)17-21)46-27-10-11-37-30(41-27)40-20-2-1-3-23(16-20)42-12-14-45-15-13-42/h1-11,16-18H,12-15H2,(H,39,44)(H,37,40,41). The Labute approximate surface area is 258 Å². The fraction of sp³-hybridized carbons (Fsp3) is 0.161. The van der Waals surface area contributed by atoms with Crippen molar-refractivity contribution >= 4 is 28.9 Å². The van der Waals surface area contributed by atoms with Crippen molar-refractivity contribution in [2.75, 3.05) is 41.8 Å². The molecule has 1 amide bonds. The first-order chi connectivity index (χ1) is 22.1. The molecule has 2 aromatic heterocycles. The van der Waals surface area contributed by atoms with Gasteiger partial charge in [-0.05, 0) is 54.6 Å². The highest BCUT2D eigenvalue weighted by Crippen LogP contribution is 2.34. The number of carbonyl (C=O) groups is 1. The van der Waals surface area contributed by atoms with Crippen LogP contribution in [-0.4, -0.2) is 52.0 Å². The summed E-state index contributed by atoms with van der Waals surface area (Å²) < 4.78 is 81.7. The molecule has 0 radical (unpaired) electrons. The van der Waals surface area contributed by atoms with Crippen molar-refractivity contribution in [2.24, 2.45) is 0 Å². The van der Waals surface area contributed by atoms with Crippen molar-refractivity contribution in [1.82, 2.24) is 19.7 Å². The van der Waals surface area contributed by atoms with Crippen LogP contribution in [0.1, 0.15) is 16.1 Å². The largest absolute Gasteiger partial charge is 0.436 e. The molecular formula is C31H24F5N7O3. The zero-order chi connectivity index (χ0) is 32.3. The van der Waals surface area contributed by atoms with Gasteiger partial charge < -0.3 is 25.0 Å². The number of benzene rings is 3. The van der Waals surface area contributed by atoms with Gasteiger partial charge in [-0.2, -0.15) is 23.3 Å². The number of nitrogens with one attached hydrogen (secondary N) is 2. The normalized spacial score (nSPS) is 13.4. The van der Waals surface area contributed by atoms with Crippen molar-refractivity contribution < 1.29 is 36.2 Å². The van der Waals surface area contributed by atoms with Gasteiger partial charge in [-0.3, -0.25) is 4.79 Å². The van der Waals surface area contributed by atoms with Gasteiger partial charge >= 0.3 is 6.18 Å². The summed E-state index contributed by atoms with van der Waals surface area (Å²) in [6, 6.07) is 16.5. The first-order valence-corrected chi connectivity index (χ1v) is 13.9. The average molecular weight is 638 g/mol. The van der Waals surface area contributed by atoms with Gasteiger partial charge in [0, 0.05) is 48.5 Å². The van der Waals surface area contributed by atoms with Crippen molar-refractivity contribution in [3.05, 3.63) is 108 Å². The first-order valence-electron chi connectivity index (χ1n) is 13.9. The summed E-state index contributed by atoms with van der Waals surface area (Å²) in [5, 5.41) is 9.02. The maximum absolute atomic E-state index is 15.0. The summed E-state index contributed by atoms with van der Waals surface area (Å²) in [7, 11) is 0. The van der Waals surface area contributed by atoms with Crippen LogP contribution in [0.15, 0.2) is 85.2 Å². The minimum atomic E-state index is -4.99. The van der Waals surface area contributed by atoms with Crippen LogP contribution in [0.25, 0.3) is 5.69 Å². The van der Waals surface area contributed by atoms with Crippen molar-refractivity contribution in [3.63, 3.8) is 0 Å². The molecule has 0 bridgehead atoms. The number of nitrogens with zero attached hydrogens (tertiary/aromatic N) is 5. The van der Waals surface area contributed by atoms with Crippen LogP contribution in [0.5, 0.6) is 11.6 Å². The van der Waals surface area contributed by atoms with Crippen LogP contribution in [0, 0.1) is 11.6 Å². The van der Waals surface area contributed by atoms with E-state index in [1.54, 1.807) is 0 Å². The number of rotatable bonds is 8. The van der Waals surface area contributed by atoms with E-state index in [0.29, 0.717) is 17.9 Å². The van der Waals surface area contributed by atoms with Gasteiger partial charge in [0.1, 0.15) is 5.82 Å². The number of anilines is 4. The number of hydrogen-bond acceptors (Lipinski definition) is 8. The van der Waals surface area contributed by atoms with E-state index < -0.39 is 35.0 Å². The monoisotopic (exact) mass is 637 g/mol. The molecule has 236 valence electrons. The zero-order valence-electron chi connectivity index (χ0n) is 23.8. The summed E-state index contributed by atoms with van der Waals surface area (Å²) in [5.41, 5.74) is -0.699. The number of ether oxygens (including phenoxy) is 2. The summed E-state index contributed by atoms with van der Waals surface area (Å²) in [6.45, 7) is 2.84. The molecular weight excluding hydrogens is 613 g/mol. The number of carbonyl (C=O) groups excluding carboxylic acids is 1. The van der Waals surface area contributed by atoms with E-state index in [2.05, 4.69) is 30.6 Å². The van der Waals surface area contributed by atoms with Gasteiger partial charge in [-0.1, -0.05) is 6.07 Å². The summed E-state index contributed by atoms with van der Waals surface area (Å²) >= 11 is 0. The summed E-state index contributed by atoms with van der Waals surface area (Å²) in [6.07, 6.45) is -2.83. The molecule has 46 heavy (non-hydrogen) atoms. The lowest BCUT2D eigenvalue weighted by molar-refractivity contribution is -0.143. The number of morpholine rings is 1. The highest BCUT2D eigenvalue weighted by molar-refractivity contribution is 6.05. The van der Waals surface area contributed by atoms with Gasteiger partial charge in [-0.25, -0.2) is 18.4 Å². The highest BCUT2D eigenvalue weighted by Gasteiger charge is 2.40. The average Bonchev–Trinajstić information content (AvgIpc) is 3.50. The zero-order valence-corrected chi connectivity index (χ0v) is 23.8. The lowest BCUT2D eigenvalue weighted by Crippen LogP contribution is -2.36. The maximum Gasteiger partial charge on any atom is 0.434 e. The topological polar surface area (TPSA) is 106 Å². The Balaban J connectivity index is 1.14. The molecule has 2 N–H and O–H groups in total. The second kappa shape index (κ2) is 12.8. The first kappa shape index (κ1) is 30.5. The van der Waals surface area contributed by atoms with Crippen LogP contribution in [0.4, 0.5) is 45.0 Å².